The van der Waals surface area contributed by atoms with Crippen molar-refractivity contribution in [2.75, 3.05) is 33.2 Å². The Morgan fingerprint density at radius 2 is 1.84 bits per heavy atom. The molecule has 2 atom stereocenters. The molecule has 0 bridgehead atoms. The van der Waals surface area contributed by atoms with Crippen molar-refractivity contribution < 1.29 is 9.90 Å². The van der Waals surface area contributed by atoms with Crippen molar-refractivity contribution in [3.63, 3.8) is 0 Å². The maximum atomic E-state index is 10.8. The van der Waals surface area contributed by atoms with Crippen LogP contribution in [0.25, 0.3) is 0 Å². The van der Waals surface area contributed by atoms with E-state index in [9.17, 15) is 4.79 Å². The second-order valence-corrected chi connectivity index (χ2v) is 6.77. The first-order chi connectivity index (χ1) is 8.88. The van der Waals surface area contributed by atoms with Crippen molar-refractivity contribution in [1.29, 1.82) is 0 Å². The van der Waals surface area contributed by atoms with Crippen molar-refractivity contribution in [3.05, 3.63) is 0 Å². The third kappa shape index (κ3) is 3.60. The maximum Gasteiger partial charge on any atom is 0.404 e. The Morgan fingerprint density at radius 3 is 2.37 bits per heavy atom. The van der Waals surface area contributed by atoms with E-state index >= 15 is 0 Å². The number of nitrogens with one attached hydrogen (secondary N) is 1. The van der Waals surface area contributed by atoms with Gasteiger partial charge in [-0.3, -0.25) is 4.90 Å². The summed E-state index contributed by atoms with van der Waals surface area (Å²) in [5.41, 5.74) is 0.0463. The van der Waals surface area contributed by atoms with Crippen LogP contribution in [-0.4, -0.2) is 66.3 Å². The first kappa shape index (κ1) is 14.6. The van der Waals surface area contributed by atoms with E-state index < -0.39 is 6.09 Å². The fourth-order valence-electron chi connectivity index (χ4n) is 3.52. The molecule has 2 aliphatic rings. The van der Waals surface area contributed by atoms with Gasteiger partial charge in [0.15, 0.2) is 0 Å². The van der Waals surface area contributed by atoms with E-state index in [4.69, 9.17) is 5.11 Å². The summed E-state index contributed by atoms with van der Waals surface area (Å²) in [6.45, 7) is 8.97. The SMILES string of the molecule is CN1CCN(C2CCC(NC(=O)O)C(C)(C)C2)CC1. The van der Waals surface area contributed by atoms with Crippen LogP contribution in [0.5, 0.6) is 0 Å². The van der Waals surface area contributed by atoms with E-state index in [1.165, 1.54) is 0 Å². The third-order valence-electron chi connectivity index (χ3n) is 4.85. The molecule has 5 heteroatoms. The quantitative estimate of drug-likeness (QED) is 0.796. The zero-order valence-corrected chi connectivity index (χ0v) is 12.4. The lowest BCUT2D eigenvalue weighted by molar-refractivity contribution is 0.0389. The highest BCUT2D eigenvalue weighted by Crippen LogP contribution is 2.38. The van der Waals surface area contributed by atoms with Gasteiger partial charge in [-0.1, -0.05) is 13.8 Å². The van der Waals surface area contributed by atoms with E-state index in [0.29, 0.717) is 6.04 Å². The van der Waals surface area contributed by atoms with Gasteiger partial charge in [-0.05, 0) is 31.7 Å². The standard InChI is InChI=1S/C14H27N3O2/c1-14(2)10-11(4-5-12(14)15-13(18)19)17-8-6-16(3)7-9-17/h11-12,15H,4-10H2,1-3H3,(H,18,19). The molecule has 1 aliphatic carbocycles. The van der Waals surface area contributed by atoms with Crippen LogP contribution in [0.3, 0.4) is 0 Å². The third-order valence-corrected chi connectivity index (χ3v) is 4.85. The van der Waals surface area contributed by atoms with Gasteiger partial charge in [0.2, 0.25) is 0 Å². The van der Waals surface area contributed by atoms with Gasteiger partial charge in [0.1, 0.15) is 0 Å². The minimum atomic E-state index is -0.892. The molecular weight excluding hydrogens is 242 g/mol. The minimum absolute atomic E-state index is 0.0463. The molecule has 2 fully saturated rings. The van der Waals surface area contributed by atoms with Crippen molar-refractivity contribution in [3.8, 4) is 0 Å². The number of carbonyl (C=O) groups is 1. The molecule has 5 nitrogen and oxygen atoms in total. The van der Waals surface area contributed by atoms with Crippen molar-refractivity contribution in [1.82, 2.24) is 15.1 Å². The fraction of sp³-hybridized carbons (Fsp3) is 0.929. The normalized spacial score (nSPS) is 33.0. The van der Waals surface area contributed by atoms with Crippen molar-refractivity contribution >= 4 is 6.09 Å². The predicted molar refractivity (Wildman–Crippen MR) is 75.4 cm³/mol. The summed E-state index contributed by atoms with van der Waals surface area (Å²) in [6.07, 6.45) is 2.26. The van der Waals surface area contributed by atoms with Crippen molar-refractivity contribution in [2.45, 2.75) is 45.2 Å². The number of nitrogens with zero attached hydrogens (tertiary/aromatic N) is 2. The fourth-order valence-corrected chi connectivity index (χ4v) is 3.52. The summed E-state index contributed by atoms with van der Waals surface area (Å²) in [5, 5.41) is 11.6. The summed E-state index contributed by atoms with van der Waals surface area (Å²) < 4.78 is 0. The molecule has 1 saturated heterocycles. The van der Waals surface area contributed by atoms with Gasteiger partial charge < -0.3 is 15.3 Å². The maximum absolute atomic E-state index is 10.8. The molecule has 1 heterocycles. The van der Waals surface area contributed by atoms with Crippen LogP contribution in [0.4, 0.5) is 4.79 Å². The lowest BCUT2D eigenvalue weighted by Gasteiger charge is -2.47. The average Bonchev–Trinajstić information content (AvgIpc) is 2.32. The Labute approximate surface area is 115 Å². The summed E-state index contributed by atoms with van der Waals surface area (Å²) in [6, 6.07) is 0.712. The van der Waals surface area contributed by atoms with E-state index in [-0.39, 0.29) is 11.5 Å². The molecule has 1 amide bonds. The second-order valence-electron chi connectivity index (χ2n) is 6.77. The summed E-state index contributed by atoms with van der Waals surface area (Å²) in [4.78, 5) is 15.8. The summed E-state index contributed by atoms with van der Waals surface area (Å²) in [7, 11) is 2.18. The van der Waals surface area contributed by atoms with Gasteiger partial charge in [-0.15, -0.1) is 0 Å². The second kappa shape index (κ2) is 5.67. The van der Waals surface area contributed by atoms with Crippen LogP contribution < -0.4 is 5.32 Å². The molecule has 2 N–H and O–H groups in total. The number of piperazine rings is 1. The largest absolute Gasteiger partial charge is 0.465 e. The minimum Gasteiger partial charge on any atom is -0.465 e. The lowest BCUT2D eigenvalue weighted by atomic mass is 9.70. The molecule has 1 aliphatic heterocycles. The molecule has 0 aromatic heterocycles. The first-order valence-electron chi connectivity index (χ1n) is 7.30. The van der Waals surface area contributed by atoms with Crippen LogP contribution >= 0.6 is 0 Å². The molecule has 2 rings (SSSR count). The van der Waals surface area contributed by atoms with Gasteiger partial charge in [-0.25, -0.2) is 4.79 Å². The van der Waals surface area contributed by atoms with Gasteiger partial charge in [-0.2, -0.15) is 0 Å². The van der Waals surface area contributed by atoms with Gasteiger partial charge >= 0.3 is 6.09 Å². The zero-order chi connectivity index (χ0) is 14.0. The van der Waals surface area contributed by atoms with Crippen LogP contribution in [0, 0.1) is 5.41 Å². The van der Waals surface area contributed by atoms with E-state index in [1.54, 1.807) is 0 Å². The molecular formula is C14H27N3O2. The van der Waals surface area contributed by atoms with E-state index in [0.717, 1.165) is 45.4 Å². The number of carboxylic acid groups (broad SMARTS) is 1. The number of hydrogen-bond donors (Lipinski definition) is 2. The van der Waals surface area contributed by atoms with Crippen LogP contribution in [0.15, 0.2) is 0 Å². The highest BCUT2D eigenvalue weighted by molar-refractivity contribution is 5.65. The Morgan fingerprint density at radius 1 is 1.21 bits per heavy atom. The molecule has 0 aromatic rings. The highest BCUT2D eigenvalue weighted by Gasteiger charge is 2.39. The molecule has 0 spiro atoms. The Balaban J connectivity index is 1.92. The highest BCUT2D eigenvalue weighted by atomic mass is 16.4. The summed E-state index contributed by atoms with van der Waals surface area (Å²) in [5.74, 6) is 0. The van der Waals surface area contributed by atoms with E-state index in [1.807, 2.05) is 0 Å². The van der Waals surface area contributed by atoms with E-state index in [2.05, 4.69) is 36.0 Å². The number of likely N-dealkylation sites (N-methyl/N-ethyl adjacent to an activating group) is 1. The molecule has 110 valence electrons. The monoisotopic (exact) mass is 269 g/mol. The average molecular weight is 269 g/mol. The topological polar surface area (TPSA) is 55.8 Å². The van der Waals surface area contributed by atoms with Gasteiger partial charge in [0, 0.05) is 38.3 Å². The number of rotatable bonds is 2. The van der Waals surface area contributed by atoms with Crippen LogP contribution in [0.2, 0.25) is 0 Å². The Hall–Kier alpha value is -0.810. The summed E-state index contributed by atoms with van der Waals surface area (Å²) >= 11 is 0. The van der Waals surface area contributed by atoms with Crippen LogP contribution in [0.1, 0.15) is 33.1 Å². The molecule has 0 aromatic carbocycles. The molecule has 19 heavy (non-hydrogen) atoms. The smallest absolute Gasteiger partial charge is 0.404 e. The Kier molecular flexibility index (Phi) is 4.36. The van der Waals surface area contributed by atoms with Crippen molar-refractivity contribution in [2.24, 2.45) is 5.41 Å². The molecule has 2 unspecified atom stereocenters. The molecule has 1 saturated carbocycles. The first-order valence-corrected chi connectivity index (χ1v) is 7.30. The zero-order valence-electron chi connectivity index (χ0n) is 12.4. The predicted octanol–water partition coefficient (Wildman–Crippen LogP) is 1.45. The number of hydrogen-bond acceptors (Lipinski definition) is 3. The van der Waals surface area contributed by atoms with Gasteiger partial charge in [0.25, 0.3) is 0 Å². The number of amides is 1. The van der Waals surface area contributed by atoms with Gasteiger partial charge in [0.05, 0.1) is 0 Å². The molecule has 0 radical (unpaired) electrons. The Bertz CT molecular complexity index is 325. The van der Waals surface area contributed by atoms with Crippen LogP contribution in [-0.2, 0) is 0 Å². The lowest BCUT2D eigenvalue weighted by Crippen LogP contribution is -2.55.